The van der Waals surface area contributed by atoms with Gasteiger partial charge in [-0.25, -0.2) is 0 Å². The lowest BCUT2D eigenvalue weighted by Gasteiger charge is -2.15. The molecule has 6 heteroatoms. The van der Waals surface area contributed by atoms with E-state index in [0.29, 0.717) is 11.6 Å². The first-order valence-corrected chi connectivity index (χ1v) is 5.44. The third-order valence-corrected chi connectivity index (χ3v) is 2.96. The van der Waals surface area contributed by atoms with Crippen molar-refractivity contribution in [2.45, 2.75) is 19.8 Å². The highest BCUT2D eigenvalue weighted by Gasteiger charge is 2.27. The van der Waals surface area contributed by atoms with E-state index in [9.17, 15) is 14.9 Å². The Labute approximate surface area is 86.1 Å². The fraction of sp³-hybridized carbons (Fsp3) is 0.625. The number of nitrogens with one attached hydrogen (secondary N) is 1. The minimum atomic E-state index is -0.591. The summed E-state index contributed by atoms with van der Waals surface area (Å²) >= 11 is 1.35. The topological polar surface area (TPSA) is 72.2 Å². The number of carbonyl (C=O) groups excluding carboxylic acids is 1. The molecule has 78 valence electrons. The lowest BCUT2D eigenvalue weighted by atomic mass is 10.2. The zero-order chi connectivity index (χ0) is 10.6. The Kier molecular flexibility index (Phi) is 3.94. The van der Waals surface area contributed by atoms with E-state index in [1.165, 1.54) is 11.8 Å². The molecule has 0 bridgehead atoms. The van der Waals surface area contributed by atoms with Gasteiger partial charge >= 0.3 is 5.70 Å². The molecule has 1 fully saturated rings. The van der Waals surface area contributed by atoms with Crippen LogP contribution in [0.3, 0.4) is 0 Å². The number of nitro groups is 1. The van der Waals surface area contributed by atoms with Crippen LogP contribution in [0.1, 0.15) is 19.8 Å². The number of Topliss-reactive ketones (excluding diaryl/α,β-unsaturated/α-hetero) is 1. The number of carbonyl (C=O) groups is 1. The molecule has 0 atom stereocenters. The number of hydrogen-bond donors (Lipinski definition) is 1. The van der Waals surface area contributed by atoms with Gasteiger partial charge in [0.1, 0.15) is 0 Å². The largest absolute Gasteiger partial charge is 0.374 e. The van der Waals surface area contributed by atoms with Crippen molar-refractivity contribution in [3.63, 3.8) is 0 Å². The van der Waals surface area contributed by atoms with Crippen LogP contribution in [0.2, 0.25) is 0 Å². The molecule has 0 aromatic heterocycles. The summed E-state index contributed by atoms with van der Waals surface area (Å²) in [5.74, 6) is 0.420. The van der Waals surface area contributed by atoms with Crippen molar-refractivity contribution in [2.75, 3.05) is 12.3 Å². The Hall–Kier alpha value is -1.04. The molecular weight excluding hydrogens is 204 g/mol. The average molecular weight is 216 g/mol. The summed E-state index contributed by atoms with van der Waals surface area (Å²) in [6, 6.07) is 0. The molecule has 1 aliphatic rings. The van der Waals surface area contributed by atoms with E-state index >= 15 is 0 Å². The molecule has 0 saturated carbocycles. The van der Waals surface area contributed by atoms with Crippen LogP contribution in [0.15, 0.2) is 10.7 Å². The van der Waals surface area contributed by atoms with Gasteiger partial charge in [0.25, 0.3) is 0 Å². The van der Waals surface area contributed by atoms with Crippen LogP contribution >= 0.6 is 11.8 Å². The van der Waals surface area contributed by atoms with Gasteiger partial charge in [0.05, 0.1) is 4.92 Å². The second kappa shape index (κ2) is 4.99. The van der Waals surface area contributed by atoms with Crippen molar-refractivity contribution in [2.24, 2.45) is 0 Å². The normalized spacial score (nSPS) is 19.8. The van der Waals surface area contributed by atoms with Gasteiger partial charge in [-0.3, -0.25) is 14.9 Å². The zero-order valence-electron chi connectivity index (χ0n) is 7.91. The van der Waals surface area contributed by atoms with Crippen molar-refractivity contribution < 1.29 is 9.72 Å². The second-order valence-electron chi connectivity index (χ2n) is 2.84. The lowest BCUT2D eigenvalue weighted by Crippen LogP contribution is -2.25. The zero-order valence-corrected chi connectivity index (χ0v) is 8.73. The summed E-state index contributed by atoms with van der Waals surface area (Å²) < 4.78 is 0. The van der Waals surface area contributed by atoms with Crippen molar-refractivity contribution in [3.05, 3.63) is 20.8 Å². The first-order valence-electron chi connectivity index (χ1n) is 4.45. The van der Waals surface area contributed by atoms with Gasteiger partial charge in [0, 0.05) is 18.7 Å². The smallest absolute Gasteiger partial charge is 0.341 e. The number of ketones is 1. The van der Waals surface area contributed by atoms with Gasteiger partial charge in [-0.15, -0.1) is 11.8 Å². The molecule has 0 aromatic rings. The maximum atomic E-state index is 11.3. The Morgan fingerprint density at radius 2 is 2.43 bits per heavy atom. The van der Waals surface area contributed by atoms with Crippen LogP contribution in [0.5, 0.6) is 0 Å². The fourth-order valence-corrected chi connectivity index (χ4v) is 2.15. The van der Waals surface area contributed by atoms with Crippen molar-refractivity contribution in [3.8, 4) is 0 Å². The molecule has 1 saturated heterocycles. The quantitative estimate of drug-likeness (QED) is 0.435. The number of allylic oxidation sites excluding steroid dienone is 1. The molecular formula is C8H12N2O3S. The molecule has 1 rings (SSSR count). The van der Waals surface area contributed by atoms with Gasteiger partial charge in [-0.2, -0.15) is 0 Å². The van der Waals surface area contributed by atoms with Gasteiger partial charge in [0.15, 0.2) is 5.03 Å². The van der Waals surface area contributed by atoms with E-state index < -0.39 is 10.7 Å². The van der Waals surface area contributed by atoms with Crippen molar-refractivity contribution in [1.82, 2.24) is 5.32 Å². The standard InChI is InChI=1S/C8H12N2O3S/c1-2-6(11)7(10(12)13)8-9-4-3-5-14-8/h9H,2-5H2,1H3/b8-7-. The lowest BCUT2D eigenvalue weighted by molar-refractivity contribution is -0.419. The van der Waals surface area contributed by atoms with Crippen LogP contribution in [-0.2, 0) is 4.79 Å². The molecule has 1 N–H and O–H groups in total. The third kappa shape index (κ3) is 2.47. The molecule has 0 amide bonds. The first-order chi connectivity index (χ1) is 6.66. The number of nitrogens with zero attached hydrogens (tertiary/aromatic N) is 1. The summed E-state index contributed by atoms with van der Waals surface area (Å²) in [6.45, 7) is 2.33. The van der Waals surface area contributed by atoms with Gasteiger partial charge in [-0.1, -0.05) is 6.92 Å². The van der Waals surface area contributed by atoms with E-state index in [2.05, 4.69) is 5.32 Å². The average Bonchev–Trinajstić information content (AvgIpc) is 2.19. The summed E-state index contributed by atoms with van der Waals surface area (Å²) in [4.78, 5) is 21.4. The fourth-order valence-electron chi connectivity index (χ4n) is 1.13. The first kappa shape index (κ1) is 11.0. The molecule has 1 heterocycles. The number of thioether (sulfide) groups is 1. The molecule has 0 spiro atoms. The number of rotatable bonds is 3. The SMILES string of the molecule is CCC(=O)/C(=C1\NCCCS1)[N+](=O)[O-]. The highest BCUT2D eigenvalue weighted by atomic mass is 32.2. The number of hydrogen-bond acceptors (Lipinski definition) is 5. The van der Waals surface area contributed by atoms with E-state index in [1.54, 1.807) is 6.92 Å². The van der Waals surface area contributed by atoms with Crippen LogP contribution in [-0.4, -0.2) is 23.0 Å². The summed E-state index contributed by atoms with van der Waals surface area (Å²) in [7, 11) is 0. The van der Waals surface area contributed by atoms with Crippen LogP contribution in [0.25, 0.3) is 0 Å². The Morgan fingerprint density at radius 3 is 2.86 bits per heavy atom. The molecule has 1 aliphatic heterocycles. The Morgan fingerprint density at radius 1 is 1.71 bits per heavy atom. The molecule has 0 aromatic carbocycles. The highest BCUT2D eigenvalue weighted by Crippen LogP contribution is 2.23. The minimum absolute atomic E-state index is 0.169. The molecule has 0 radical (unpaired) electrons. The minimum Gasteiger partial charge on any atom is -0.374 e. The predicted molar refractivity (Wildman–Crippen MR) is 54.4 cm³/mol. The van der Waals surface area contributed by atoms with Crippen LogP contribution in [0, 0.1) is 10.1 Å². The molecule has 14 heavy (non-hydrogen) atoms. The van der Waals surface area contributed by atoms with Gasteiger partial charge in [0.2, 0.25) is 5.78 Å². The van der Waals surface area contributed by atoms with Crippen molar-refractivity contribution >= 4 is 17.5 Å². The maximum absolute atomic E-state index is 11.3. The van der Waals surface area contributed by atoms with Gasteiger partial charge in [-0.05, 0) is 6.42 Å². The summed E-state index contributed by atoms with van der Waals surface area (Å²) in [5, 5.41) is 14.0. The van der Waals surface area contributed by atoms with E-state index in [1.807, 2.05) is 0 Å². The summed E-state index contributed by atoms with van der Waals surface area (Å²) in [6.07, 6.45) is 1.14. The van der Waals surface area contributed by atoms with Crippen molar-refractivity contribution in [1.29, 1.82) is 0 Å². The second-order valence-corrected chi connectivity index (χ2v) is 3.95. The van der Waals surface area contributed by atoms with E-state index in [0.717, 1.165) is 12.2 Å². The predicted octanol–water partition coefficient (Wildman–Crippen LogP) is 1.14. The molecule has 0 aliphatic carbocycles. The van der Waals surface area contributed by atoms with E-state index in [4.69, 9.17) is 0 Å². The molecule has 0 unspecified atom stereocenters. The highest BCUT2D eigenvalue weighted by molar-refractivity contribution is 8.03. The Balaban J connectivity index is 2.94. The Bertz CT molecular complexity index is 280. The van der Waals surface area contributed by atoms with Crippen LogP contribution in [0.4, 0.5) is 0 Å². The maximum Gasteiger partial charge on any atom is 0.341 e. The monoisotopic (exact) mass is 216 g/mol. The van der Waals surface area contributed by atoms with Gasteiger partial charge < -0.3 is 5.32 Å². The van der Waals surface area contributed by atoms with E-state index in [-0.39, 0.29) is 12.1 Å². The van der Waals surface area contributed by atoms with Crippen LogP contribution < -0.4 is 5.32 Å². The third-order valence-electron chi connectivity index (χ3n) is 1.84. The molecule has 5 nitrogen and oxygen atoms in total. The summed E-state index contributed by atoms with van der Waals surface area (Å²) in [5.41, 5.74) is -0.280.